The zero-order valence-electron chi connectivity index (χ0n) is 14.5. The first-order chi connectivity index (χ1) is 13.4. The summed E-state index contributed by atoms with van der Waals surface area (Å²) in [5.41, 5.74) is 0.470. The second-order valence-electron chi connectivity index (χ2n) is 6.31. The summed E-state index contributed by atoms with van der Waals surface area (Å²) in [5.74, 6) is 0.437. The third-order valence-electron chi connectivity index (χ3n) is 4.49. The molecule has 0 radical (unpaired) electrons. The van der Waals surface area contributed by atoms with Crippen LogP contribution in [0, 0.1) is 0 Å². The van der Waals surface area contributed by atoms with Gasteiger partial charge in [0, 0.05) is 25.5 Å². The number of aromatic nitrogens is 4. The Balaban J connectivity index is 1.56. The monoisotopic (exact) mass is 439 g/mol. The van der Waals surface area contributed by atoms with Crippen molar-refractivity contribution in [3.63, 3.8) is 0 Å². The highest BCUT2D eigenvalue weighted by atomic mass is 35.5. The predicted octanol–water partition coefficient (Wildman–Crippen LogP) is 3.40. The van der Waals surface area contributed by atoms with E-state index in [0.717, 1.165) is 6.42 Å². The predicted molar refractivity (Wildman–Crippen MR) is 103 cm³/mol. The van der Waals surface area contributed by atoms with Crippen molar-refractivity contribution in [3.05, 3.63) is 52.7 Å². The van der Waals surface area contributed by atoms with Crippen molar-refractivity contribution < 1.29 is 12.8 Å². The number of halogens is 2. The molecular formula is C17H15Cl2N5O3S. The molecule has 1 aliphatic heterocycles. The van der Waals surface area contributed by atoms with Crippen LogP contribution in [0.15, 0.2) is 46.1 Å². The Kier molecular flexibility index (Phi) is 5.33. The maximum absolute atomic E-state index is 13.0. The minimum atomic E-state index is -3.71. The lowest BCUT2D eigenvalue weighted by atomic mass is 10.00. The van der Waals surface area contributed by atoms with Gasteiger partial charge in [-0.15, -0.1) is 10.2 Å². The summed E-state index contributed by atoms with van der Waals surface area (Å²) >= 11 is 11.9. The van der Waals surface area contributed by atoms with Crippen molar-refractivity contribution in [2.45, 2.75) is 23.7 Å². The van der Waals surface area contributed by atoms with Crippen molar-refractivity contribution in [2.24, 2.45) is 0 Å². The van der Waals surface area contributed by atoms with Gasteiger partial charge in [0.05, 0.1) is 27.1 Å². The van der Waals surface area contributed by atoms with Crippen LogP contribution in [0.25, 0.3) is 11.6 Å². The third kappa shape index (κ3) is 3.75. The molecule has 1 saturated heterocycles. The van der Waals surface area contributed by atoms with Gasteiger partial charge >= 0.3 is 0 Å². The largest absolute Gasteiger partial charge is 0.419 e. The Labute approximate surface area is 171 Å². The molecule has 0 bridgehead atoms. The van der Waals surface area contributed by atoms with Crippen molar-refractivity contribution in [3.8, 4) is 11.6 Å². The lowest BCUT2D eigenvalue weighted by Gasteiger charge is -2.30. The van der Waals surface area contributed by atoms with Crippen LogP contribution in [-0.4, -0.2) is 46.0 Å². The quantitative estimate of drug-likeness (QED) is 0.613. The zero-order chi connectivity index (χ0) is 19.7. The second kappa shape index (κ2) is 7.75. The van der Waals surface area contributed by atoms with E-state index in [9.17, 15) is 8.42 Å². The molecule has 0 amide bonds. The van der Waals surface area contributed by atoms with E-state index in [4.69, 9.17) is 27.6 Å². The maximum Gasteiger partial charge on any atom is 0.267 e. The highest BCUT2D eigenvalue weighted by molar-refractivity contribution is 7.89. The van der Waals surface area contributed by atoms with Crippen LogP contribution in [0.4, 0.5) is 0 Å². The molecule has 1 aromatic carbocycles. The topological polar surface area (TPSA) is 102 Å². The molecule has 0 spiro atoms. The average Bonchev–Trinajstić information content (AvgIpc) is 3.21. The standard InChI is InChI=1S/C17H15Cl2N5O3S/c18-13-4-3-12(8-14(13)19)28(25,26)24-7-1-2-11(10-24)16-22-23-17(27-16)15-9-20-5-6-21-15/h3-6,8-9,11H,1-2,7,10H2/t11-/m0/s1. The molecule has 0 N–H and O–H groups in total. The van der Waals surface area contributed by atoms with Crippen LogP contribution in [0.3, 0.4) is 0 Å². The van der Waals surface area contributed by atoms with Crippen LogP contribution in [0.5, 0.6) is 0 Å². The average molecular weight is 440 g/mol. The van der Waals surface area contributed by atoms with E-state index in [-0.39, 0.29) is 28.3 Å². The molecule has 1 fully saturated rings. The third-order valence-corrected chi connectivity index (χ3v) is 7.09. The molecule has 1 atom stereocenters. The lowest BCUT2D eigenvalue weighted by molar-refractivity contribution is 0.286. The Morgan fingerprint density at radius 3 is 2.75 bits per heavy atom. The molecular weight excluding hydrogens is 425 g/mol. The number of hydrogen-bond acceptors (Lipinski definition) is 7. The molecule has 2 aromatic heterocycles. The van der Waals surface area contributed by atoms with Gasteiger partial charge in [0.2, 0.25) is 15.9 Å². The molecule has 0 saturated carbocycles. The van der Waals surface area contributed by atoms with E-state index >= 15 is 0 Å². The van der Waals surface area contributed by atoms with Gasteiger partial charge in [-0.05, 0) is 31.0 Å². The zero-order valence-corrected chi connectivity index (χ0v) is 16.8. The summed E-state index contributed by atoms with van der Waals surface area (Å²) in [6, 6.07) is 4.29. The summed E-state index contributed by atoms with van der Waals surface area (Å²) < 4.78 is 33.1. The van der Waals surface area contributed by atoms with Crippen LogP contribution >= 0.6 is 23.2 Å². The molecule has 1 aliphatic rings. The number of sulfonamides is 1. The van der Waals surface area contributed by atoms with E-state index in [2.05, 4.69) is 20.2 Å². The molecule has 4 rings (SSSR count). The Bertz CT molecular complexity index is 1090. The Morgan fingerprint density at radius 1 is 1.14 bits per heavy atom. The molecule has 8 nitrogen and oxygen atoms in total. The first kappa shape index (κ1) is 19.3. The minimum Gasteiger partial charge on any atom is -0.419 e. The molecule has 0 aliphatic carbocycles. The summed E-state index contributed by atoms with van der Waals surface area (Å²) in [6.07, 6.45) is 6.03. The van der Waals surface area contributed by atoms with E-state index < -0.39 is 10.0 Å². The highest BCUT2D eigenvalue weighted by Crippen LogP contribution is 2.32. The smallest absolute Gasteiger partial charge is 0.267 e. The van der Waals surface area contributed by atoms with Crippen LogP contribution in [-0.2, 0) is 10.0 Å². The Morgan fingerprint density at radius 2 is 2.00 bits per heavy atom. The lowest BCUT2D eigenvalue weighted by Crippen LogP contribution is -2.39. The molecule has 11 heteroatoms. The number of benzene rings is 1. The molecule has 0 unspecified atom stereocenters. The number of piperidine rings is 1. The number of hydrogen-bond donors (Lipinski definition) is 0. The van der Waals surface area contributed by atoms with E-state index in [1.807, 2.05) is 0 Å². The molecule has 28 heavy (non-hydrogen) atoms. The van der Waals surface area contributed by atoms with Crippen molar-refractivity contribution in [2.75, 3.05) is 13.1 Å². The summed E-state index contributed by atoms with van der Waals surface area (Å²) in [7, 11) is -3.71. The van der Waals surface area contributed by atoms with E-state index in [1.54, 1.807) is 6.20 Å². The number of nitrogens with zero attached hydrogens (tertiary/aromatic N) is 5. The fraction of sp³-hybridized carbons (Fsp3) is 0.294. The molecule has 3 aromatic rings. The van der Waals surface area contributed by atoms with Gasteiger partial charge in [-0.1, -0.05) is 23.2 Å². The van der Waals surface area contributed by atoms with Crippen molar-refractivity contribution in [1.82, 2.24) is 24.5 Å². The maximum atomic E-state index is 13.0. The summed E-state index contributed by atoms with van der Waals surface area (Å²) in [5, 5.41) is 8.60. The normalized spacial score (nSPS) is 18.3. The Hall–Kier alpha value is -2.07. The van der Waals surface area contributed by atoms with Gasteiger partial charge < -0.3 is 4.42 Å². The fourth-order valence-corrected chi connectivity index (χ4v) is 4.97. The SMILES string of the molecule is O=S(=O)(c1ccc(Cl)c(Cl)c1)N1CCC[C@H](c2nnc(-c3cnccn3)o2)C1. The summed E-state index contributed by atoms with van der Waals surface area (Å²) in [6.45, 7) is 0.648. The first-order valence-electron chi connectivity index (χ1n) is 8.50. The van der Waals surface area contributed by atoms with Crippen LogP contribution < -0.4 is 0 Å². The van der Waals surface area contributed by atoms with Gasteiger partial charge in [-0.25, -0.2) is 13.4 Å². The van der Waals surface area contributed by atoms with Crippen LogP contribution in [0.2, 0.25) is 10.0 Å². The van der Waals surface area contributed by atoms with Gasteiger partial charge in [0.25, 0.3) is 5.89 Å². The van der Waals surface area contributed by atoms with Gasteiger partial charge in [-0.3, -0.25) is 4.98 Å². The van der Waals surface area contributed by atoms with E-state index in [1.165, 1.54) is 34.9 Å². The van der Waals surface area contributed by atoms with Gasteiger partial charge in [0.1, 0.15) is 5.69 Å². The van der Waals surface area contributed by atoms with Crippen LogP contribution in [0.1, 0.15) is 24.7 Å². The number of rotatable bonds is 4. The molecule has 3 heterocycles. The van der Waals surface area contributed by atoms with Gasteiger partial charge in [0.15, 0.2) is 0 Å². The second-order valence-corrected chi connectivity index (χ2v) is 9.07. The first-order valence-corrected chi connectivity index (χ1v) is 10.7. The van der Waals surface area contributed by atoms with Gasteiger partial charge in [-0.2, -0.15) is 4.31 Å². The van der Waals surface area contributed by atoms with E-state index in [0.29, 0.717) is 29.6 Å². The van der Waals surface area contributed by atoms with Crippen molar-refractivity contribution in [1.29, 1.82) is 0 Å². The summed E-state index contributed by atoms with van der Waals surface area (Å²) in [4.78, 5) is 8.21. The fourth-order valence-electron chi connectivity index (χ4n) is 3.06. The minimum absolute atomic E-state index is 0.105. The highest BCUT2D eigenvalue weighted by Gasteiger charge is 2.33. The van der Waals surface area contributed by atoms with Crippen molar-refractivity contribution >= 4 is 33.2 Å². The molecule has 146 valence electrons.